The van der Waals surface area contributed by atoms with Gasteiger partial charge in [-0.15, -0.1) is 6.58 Å². The van der Waals surface area contributed by atoms with E-state index in [2.05, 4.69) is 6.58 Å². The van der Waals surface area contributed by atoms with E-state index in [-0.39, 0.29) is 44.2 Å². The molecule has 4 heteroatoms. The number of aliphatic hydroxyl groups excluding tert-OH is 2. The van der Waals surface area contributed by atoms with Gasteiger partial charge in [-0.25, -0.2) is 0 Å². The van der Waals surface area contributed by atoms with E-state index in [1.165, 1.54) is 0 Å². The van der Waals surface area contributed by atoms with E-state index < -0.39 is 6.10 Å². The van der Waals surface area contributed by atoms with Gasteiger partial charge < -0.3 is 16.4 Å². The Labute approximate surface area is 84.5 Å². The van der Waals surface area contributed by atoms with Crippen molar-refractivity contribution in [3.8, 4) is 0 Å². The first kappa shape index (κ1) is 13.2. The molecule has 0 radical (unpaired) electrons. The number of hydrogen-bond donors (Lipinski definition) is 2. The van der Waals surface area contributed by atoms with Crippen molar-refractivity contribution in [2.75, 3.05) is 19.8 Å². The van der Waals surface area contributed by atoms with Crippen LogP contribution in [0.5, 0.6) is 0 Å². The second kappa shape index (κ2) is 9.62. The van der Waals surface area contributed by atoms with Crippen LogP contribution in [0.2, 0.25) is 0 Å². The molecule has 0 amide bonds. The standard InChI is InChI=1S/C6H12O3.Na.H/c1-2-3-9-5-6(8)4-7;;/h2,6-8H,1,3-5H2;;/q;+1;-1. The Hall–Kier alpha value is 0.620. The van der Waals surface area contributed by atoms with E-state index in [1.807, 2.05) is 0 Å². The third-order valence-corrected chi connectivity index (χ3v) is 0.757. The third kappa shape index (κ3) is 8.62. The SMILES string of the molecule is C=CCOCC(O)CO.[H-].[Na+]. The molecule has 0 heterocycles. The maximum Gasteiger partial charge on any atom is 1.00 e. The first-order valence-electron chi connectivity index (χ1n) is 2.78. The van der Waals surface area contributed by atoms with E-state index in [0.29, 0.717) is 6.61 Å². The van der Waals surface area contributed by atoms with Crippen molar-refractivity contribution < 1.29 is 45.9 Å². The van der Waals surface area contributed by atoms with Gasteiger partial charge in [0.2, 0.25) is 0 Å². The van der Waals surface area contributed by atoms with Crippen molar-refractivity contribution >= 4 is 0 Å². The van der Waals surface area contributed by atoms with Crippen LogP contribution in [0.4, 0.5) is 0 Å². The molecular formula is C6H13NaO3. The normalized spacial score (nSPS) is 11.8. The fraction of sp³-hybridized carbons (Fsp3) is 0.667. The summed E-state index contributed by atoms with van der Waals surface area (Å²) in [4.78, 5) is 0. The van der Waals surface area contributed by atoms with E-state index in [9.17, 15) is 0 Å². The topological polar surface area (TPSA) is 49.7 Å². The van der Waals surface area contributed by atoms with Gasteiger partial charge in [0.1, 0.15) is 6.10 Å². The quantitative estimate of drug-likeness (QED) is 0.248. The first-order chi connectivity index (χ1) is 4.31. The zero-order valence-corrected chi connectivity index (χ0v) is 8.29. The molecule has 0 spiro atoms. The van der Waals surface area contributed by atoms with Crippen LogP contribution in [-0.4, -0.2) is 36.1 Å². The predicted molar refractivity (Wildman–Crippen MR) is 35.2 cm³/mol. The minimum atomic E-state index is -0.759. The predicted octanol–water partition coefficient (Wildman–Crippen LogP) is -3.34. The summed E-state index contributed by atoms with van der Waals surface area (Å²) in [6.07, 6.45) is 0.828. The molecule has 56 valence electrons. The second-order valence-corrected chi connectivity index (χ2v) is 1.66. The summed E-state index contributed by atoms with van der Waals surface area (Å²) in [7, 11) is 0. The summed E-state index contributed by atoms with van der Waals surface area (Å²) in [6, 6.07) is 0. The summed E-state index contributed by atoms with van der Waals surface area (Å²) < 4.78 is 4.81. The number of ether oxygens (including phenoxy) is 1. The first-order valence-corrected chi connectivity index (χ1v) is 2.78. The molecule has 0 bridgehead atoms. The van der Waals surface area contributed by atoms with Gasteiger partial charge in [-0.2, -0.15) is 0 Å². The molecule has 0 fully saturated rings. The summed E-state index contributed by atoms with van der Waals surface area (Å²) in [5.74, 6) is 0. The van der Waals surface area contributed by atoms with Crippen LogP contribution in [0.1, 0.15) is 1.43 Å². The second-order valence-electron chi connectivity index (χ2n) is 1.66. The Morgan fingerprint density at radius 3 is 2.70 bits per heavy atom. The maximum atomic E-state index is 8.68. The maximum absolute atomic E-state index is 8.68. The molecule has 0 aliphatic heterocycles. The van der Waals surface area contributed by atoms with Gasteiger partial charge in [-0.1, -0.05) is 6.08 Å². The fourth-order valence-corrected chi connectivity index (χ4v) is 0.340. The Morgan fingerprint density at radius 2 is 2.30 bits per heavy atom. The molecule has 2 N–H and O–H groups in total. The Bertz CT molecular complexity index is 82.2. The van der Waals surface area contributed by atoms with Crippen LogP contribution >= 0.6 is 0 Å². The minimum Gasteiger partial charge on any atom is -1.00 e. The van der Waals surface area contributed by atoms with Gasteiger partial charge in [-0.3, -0.25) is 0 Å². The number of rotatable bonds is 5. The molecule has 0 rings (SSSR count). The molecule has 1 atom stereocenters. The van der Waals surface area contributed by atoms with E-state index in [1.54, 1.807) is 6.08 Å². The summed E-state index contributed by atoms with van der Waals surface area (Å²) in [5.41, 5.74) is 0. The molecule has 0 aromatic heterocycles. The molecule has 0 aromatic carbocycles. The largest absolute Gasteiger partial charge is 1.00 e. The molecule has 3 nitrogen and oxygen atoms in total. The van der Waals surface area contributed by atoms with Crippen LogP contribution in [-0.2, 0) is 4.74 Å². The zero-order chi connectivity index (χ0) is 7.11. The van der Waals surface area contributed by atoms with Crippen LogP contribution in [0.3, 0.4) is 0 Å². The van der Waals surface area contributed by atoms with Gasteiger partial charge in [0.25, 0.3) is 0 Å². The third-order valence-electron chi connectivity index (χ3n) is 0.757. The van der Waals surface area contributed by atoms with Crippen molar-refractivity contribution in [3.63, 3.8) is 0 Å². The van der Waals surface area contributed by atoms with Crippen LogP contribution in [0, 0.1) is 0 Å². The molecule has 0 saturated heterocycles. The van der Waals surface area contributed by atoms with Crippen LogP contribution in [0.25, 0.3) is 0 Å². The Balaban J connectivity index is -0.000000320. The van der Waals surface area contributed by atoms with Crippen molar-refractivity contribution in [1.29, 1.82) is 0 Å². The van der Waals surface area contributed by atoms with Gasteiger partial charge in [0.15, 0.2) is 0 Å². The molecule has 0 aromatic rings. The zero-order valence-electron chi connectivity index (χ0n) is 7.29. The van der Waals surface area contributed by atoms with Gasteiger partial charge >= 0.3 is 29.6 Å². The Kier molecular flexibility index (Phi) is 12.7. The number of hydrogen-bond acceptors (Lipinski definition) is 3. The summed E-state index contributed by atoms with van der Waals surface area (Å²) in [6.45, 7) is 3.74. The van der Waals surface area contributed by atoms with Crippen LogP contribution in [0.15, 0.2) is 12.7 Å². The van der Waals surface area contributed by atoms with E-state index >= 15 is 0 Å². The molecule has 0 saturated carbocycles. The summed E-state index contributed by atoms with van der Waals surface area (Å²) in [5, 5.41) is 17.0. The van der Waals surface area contributed by atoms with E-state index in [4.69, 9.17) is 14.9 Å². The molecule has 0 aliphatic rings. The van der Waals surface area contributed by atoms with Crippen molar-refractivity contribution in [3.05, 3.63) is 12.7 Å². The smallest absolute Gasteiger partial charge is 1.00 e. The molecule has 1 unspecified atom stereocenters. The molecule has 0 aliphatic carbocycles. The monoisotopic (exact) mass is 156 g/mol. The molecule has 10 heavy (non-hydrogen) atoms. The van der Waals surface area contributed by atoms with Crippen molar-refractivity contribution in [1.82, 2.24) is 0 Å². The Morgan fingerprint density at radius 1 is 1.70 bits per heavy atom. The van der Waals surface area contributed by atoms with Crippen LogP contribution < -0.4 is 29.6 Å². The van der Waals surface area contributed by atoms with Crippen molar-refractivity contribution in [2.24, 2.45) is 0 Å². The van der Waals surface area contributed by atoms with Gasteiger partial charge in [-0.05, 0) is 0 Å². The minimum absolute atomic E-state index is 0. The fourth-order valence-electron chi connectivity index (χ4n) is 0.340. The van der Waals surface area contributed by atoms with Gasteiger partial charge in [0, 0.05) is 0 Å². The molecular weight excluding hydrogens is 143 g/mol. The van der Waals surface area contributed by atoms with E-state index in [0.717, 1.165) is 0 Å². The van der Waals surface area contributed by atoms with Gasteiger partial charge in [0.05, 0.1) is 19.8 Å². The average molecular weight is 156 g/mol. The number of aliphatic hydroxyl groups is 2. The van der Waals surface area contributed by atoms with Crippen molar-refractivity contribution in [2.45, 2.75) is 6.10 Å². The summed E-state index contributed by atoms with van der Waals surface area (Å²) >= 11 is 0. The average Bonchev–Trinajstić information content (AvgIpc) is 1.89.